The number of nitrogens with zero attached hydrogens (tertiary/aromatic N) is 5. The summed E-state index contributed by atoms with van der Waals surface area (Å²) < 4.78 is 0. The molecule has 180 valence electrons. The van der Waals surface area contributed by atoms with Crippen molar-refractivity contribution in [3.8, 4) is 22.5 Å². The van der Waals surface area contributed by atoms with Crippen molar-refractivity contribution in [1.29, 1.82) is 0 Å². The second-order valence-electron chi connectivity index (χ2n) is 9.63. The summed E-state index contributed by atoms with van der Waals surface area (Å²) in [5, 5.41) is 21.7. The van der Waals surface area contributed by atoms with Crippen molar-refractivity contribution in [3.05, 3.63) is 65.7 Å². The number of ketones is 1. The fourth-order valence-corrected chi connectivity index (χ4v) is 5.18. The number of H-pyrrole nitrogens is 2. The van der Waals surface area contributed by atoms with Gasteiger partial charge in [0.1, 0.15) is 5.82 Å². The molecule has 35 heavy (non-hydrogen) atoms. The van der Waals surface area contributed by atoms with Gasteiger partial charge in [0.15, 0.2) is 0 Å². The first kappa shape index (κ1) is 23.1. The van der Waals surface area contributed by atoms with Gasteiger partial charge in [-0.05, 0) is 46.6 Å². The highest BCUT2D eigenvalue weighted by atomic mass is 16.1. The molecule has 2 heterocycles. The van der Waals surface area contributed by atoms with Gasteiger partial charge in [0.2, 0.25) is 17.4 Å². The number of Topliss-reactive ketones (excluding diaryl/α,β-unsaturated/α-hetero) is 1. The first-order valence-corrected chi connectivity index (χ1v) is 12.5. The van der Waals surface area contributed by atoms with Crippen LogP contribution in [0.25, 0.3) is 22.5 Å². The number of aromatic nitrogens is 7. The number of aromatic amines is 2. The molecule has 0 spiro atoms. The van der Waals surface area contributed by atoms with Crippen LogP contribution in [0.1, 0.15) is 68.0 Å². The molecule has 2 aromatic heterocycles. The number of tetrazole rings is 1. The van der Waals surface area contributed by atoms with Crippen molar-refractivity contribution in [2.75, 3.05) is 0 Å². The molecule has 0 bridgehead atoms. The second kappa shape index (κ2) is 10.3. The molecule has 1 aliphatic rings. The third-order valence-corrected chi connectivity index (χ3v) is 7.44. The summed E-state index contributed by atoms with van der Waals surface area (Å²) in [6.07, 6.45) is 6.01. The van der Waals surface area contributed by atoms with E-state index in [4.69, 9.17) is 0 Å². The lowest BCUT2D eigenvalue weighted by Gasteiger charge is -2.31. The summed E-state index contributed by atoms with van der Waals surface area (Å²) in [5.41, 5.74) is 4.12. The zero-order valence-electron chi connectivity index (χ0n) is 20.2. The van der Waals surface area contributed by atoms with Crippen LogP contribution in [0.4, 0.5) is 0 Å². The minimum absolute atomic E-state index is 0.0463. The minimum Gasteiger partial charge on any atom is -0.290 e. The lowest BCUT2D eigenvalue weighted by Crippen LogP contribution is -2.27. The molecule has 2 N–H and O–H groups in total. The van der Waals surface area contributed by atoms with Gasteiger partial charge in [-0.1, -0.05) is 81.6 Å². The largest absolute Gasteiger partial charge is 0.290 e. The molecule has 3 unspecified atom stereocenters. The van der Waals surface area contributed by atoms with Crippen LogP contribution in [0.15, 0.2) is 48.5 Å². The average Bonchev–Trinajstić information content (AvgIpc) is 3.61. The molecular weight excluding hydrogens is 438 g/mol. The van der Waals surface area contributed by atoms with E-state index < -0.39 is 0 Å². The summed E-state index contributed by atoms with van der Waals surface area (Å²) in [6, 6.07) is 16.3. The van der Waals surface area contributed by atoms with Gasteiger partial charge in [-0.15, -0.1) is 10.2 Å². The van der Waals surface area contributed by atoms with Crippen LogP contribution in [0.5, 0.6) is 0 Å². The normalized spacial score (nSPS) is 18.9. The monoisotopic (exact) mass is 469 g/mol. The van der Waals surface area contributed by atoms with E-state index in [1.165, 1.54) is 6.42 Å². The lowest BCUT2D eigenvalue weighted by molar-refractivity contribution is 0.0828. The van der Waals surface area contributed by atoms with Crippen molar-refractivity contribution >= 4 is 5.78 Å². The maximum absolute atomic E-state index is 13.1. The van der Waals surface area contributed by atoms with E-state index in [1.807, 2.05) is 24.3 Å². The van der Waals surface area contributed by atoms with Gasteiger partial charge in [0.05, 0.1) is 0 Å². The molecule has 4 aromatic rings. The second-order valence-corrected chi connectivity index (χ2v) is 9.63. The standard InChI is InChI=1S/C27H31N7O/c1-3-17(2)20-7-6-8-21(16-20)25(35)27-28-24(29-30-27)15-18-11-13-19(14-12-18)22-9-4-5-10-23(22)26-31-33-34-32-26/h4-5,9-14,17,20-21H,3,6-8,15-16H2,1-2H3,(H,28,29,30)(H,31,32,33,34). The van der Waals surface area contributed by atoms with Crippen LogP contribution < -0.4 is 0 Å². The number of hydrogen-bond donors (Lipinski definition) is 2. The van der Waals surface area contributed by atoms with E-state index in [0.717, 1.165) is 47.9 Å². The van der Waals surface area contributed by atoms with Crippen LogP contribution in [-0.2, 0) is 6.42 Å². The Balaban J connectivity index is 1.26. The Labute approximate surface area is 205 Å². The lowest BCUT2D eigenvalue weighted by atomic mass is 9.73. The van der Waals surface area contributed by atoms with Gasteiger partial charge in [-0.3, -0.25) is 9.89 Å². The van der Waals surface area contributed by atoms with E-state index in [0.29, 0.717) is 35.7 Å². The minimum atomic E-state index is 0.0463. The third-order valence-electron chi connectivity index (χ3n) is 7.44. The molecule has 8 nitrogen and oxygen atoms in total. The molecule has 1 fully saturated rings. The summed E-state index contributed by atoms with van der Waals surface area (Å²) >= 11 is 0. The maximum Gasteiger partial charge on any atom is 0.217 e. The summed E-state index contributed by atoms with van der Waals surface area (Å²) in [7, 11) is 0. The van der Waals surface area contributed by atoms with Crippen molar-refractivity contribution in [3.63, 3.8) is 0 Å². The Kier molecular flexibility index (Phi) is 6.79. The number of nitrogens with one attached hydrogen (secondary N) is 2. The molecule has 0 amide bonds. The highest BCUT2D eigenvalue weighted by molar-refractivity contribution is 5.94. The highest BCUT2D eigenvalue weighted by Crippen LogP contribution is 2.36. The van der Waals surface area contributed by atoms with E-state index in [2.05, 4.69) is 73.9 Å². The third kappa shape index (κ3) is 5.06. The number of carbonyl (C=O) groups excluding carboxylic acids is 1. The van der Waals surface area contributed by atoms with E-state index in [-0.39, 0.29) is 11.7 Å². The molecule has 0 saturated heterocycles. The van der Waals surface area contributed by atoms with Crippen LogP contribution in [0, 0.1) is 17.8 Å². The Bertz CT molecular complexity index is 1260. The van der Waals surface area contributed by atoms with Crippen LogP contribution in [-0.4, -0.2) is 41.6 Å². The summed E-state index contributed by atoms with van der Waals surface area (Å²) in [5.74, 6) is 3.04. The fraction of sp³-hybridized carbons (Fsp3) is 0.407. The molecule has 8 heteroatoms. The highest BCUT2D eigenvalue weighted by Gasteiger charge is 2.31. The van der Waals surface area contributed by atoms with Crippen LogP contribution in [0.2, 0.25) is 0 Å². The number of hydrogen-bond acceptors (Lipinski definition) is 6. The maximum atomic E-state index is 13.1. The van der Waals surface area contributed by atoms with E-state index in [9.17, 15) is 4.79 Å². The SMILES string of the molecule is CCC(C)C1CCCC(C(=O)c2n[nH]c(Cc3ccc(-c4ccccc4-c4nn[nH]n4)cc3)n2)C1. The Morgan fingerprint density at radius 2 is 1.86 bits per heavy atom. The van der Waals surface area contributed by atoms with E-state index in [1.54, 1.807) is 0 Å². The smallest absolute Gasteiger partial charge is 0.217 e. The average molecular weight is 470 g/mol. The number of carbonyl (C=O) groups is 1. The van der Waals surface area contributed by atoms with Gasteiger partial charge in [0, 0.05) is 17.9 Å². The van der Waals surface area contributed by atoms with Crippen molar-refractivity contribution in [1.82, 2.24) is 35.8 Å². The fourth-order valence-electron chi connectivity index (χ4n) is 5.18. The van der Waals surface area contributed by atoms with Crippen LogP contribution in [0.3, 0.4) is 0 Å². The van der Waals surface area contributed by atoms with Gasteiger partial charge < -0.3 is 0 Å². The predicted octanol–water partition coefficient (Wildman–Crippen LogP) is 5.28. The molecule has 0 radical (unpaired) electrons. The predicted molar refractivity (Wildman–Crippen MR) is 133 cm³/mol. The summed E-state index contributed by atoms with van der Waals surface area (Å²) in [6.45, 7) is 4.54. The molecule has 3 atom stereocenters. The molecule has 0 aliphatic heterocycles. The van der Waals surface area contributed by atoms with Gasteiger partial charge >= 0.3 is 0 Å². The topological polar surface area (TPSA) is 113 Å². The number of benzene rings is 2. The zero-order valence-corrected chi connectivity index (χ0v) is 20.2. The summed E-state index contributed by atoms with van der Waals surface area (Å²) in [4.78, 5) is 17.6. The molecule has 1 aliphatic carbocycles. The Morgan fingerprint density at radius 1 is 1.06 bits per heavy atom. The van der Waals surface area contributed by atoms with Crippen molar-refractivity contribution in [2.45, 2.75) is 52.4 Å². The first-order valence-electron chi connectivity index (χ1n) is 12.5. The number of rotatable bonds is 8. The van der Waals surface area contributed by atoms with E-state index >= 15 is 0 Å². The quantitative estimate of drug-likeness (QED) is 0.340. The van der Waals surface area contributed by atoms with Gasteiger partial charge in [0.25, 0.3) is 0 Å². The van der Waals surface area contributed by atoms with Crippen molar-refractivity contribution in [2.24, 2.45) is 17.8 Å². The van der Waals surface area contributed by atoms with Crippen molar-refractivity contribution < 1.29 is 4.79 Å². The molecule has 1 saturated carbocycles. The molecule has 5 rings (SSSR count). The molecule has 2 aromatic carbocycles. The van der Waals surface area contributed by atoms with Gasteiger partial charge in [-0.2, -0.15) is 10.3 Å². The Hall–Kier alpha value is -3.68. The Morgan fingerprint density at radius 3 is 2.60 bits per heavy atom. The zero-order chi connectivity index (χ0) is 24.2. The first-order chi connectivity index (χ1) is 17.1. The van der Waals surface area contributed by atoms with Crippen LogP contribution >= 0.6 is 0 Å². The molecular formula is C27H31N7O. The van der Waals surface area contributed by atoms with Gasteiger partial charge in [-0.25, -0.2) is 4.98 Å².